The molecule has 0 unspecified atom stereocenters. The predicted molar refractivity (Wildman–Crippen MR) is 135 cm³/mol. The summed E-state index contributed by atoms with van der Waals surface area (Å²) in [5, 5.41) is 6.46. The number of para-hydroxylation sites is 2. The Bertz CT molecular complexity index is 1340. The van der Waals surface area contributed by atoms with E-state index in [-0.39, 0.29) is 5.91 Å². The van der Waals surface area contributed by atoms with E-state index in [4.69, 9.17) is 21.1 Å². The SMILES string of the molecule is COc1cccc2c1O[C@@]1(C)[C@H](C(=O)Nc3ccc(C)cc3C)[C@H]2NC(=O)N1c1ccccc1Cl. The lowest BCUT2D eigenvalue weighted by Crippen LogP contribution is -2.72. The molecule has 0 aliphatic carbocycles. The van der Waals surface area contributed by atoms with E-state index in [0.29, 0.717) is 33.5 Å². The maximum absolute atomic E-state index is 13.9. The van der Waals surface area contributed by atoms with E-state index in [0.717, 1.165) is 11.1 Å². The molecule has 0 radical (unpaired) electrons. The first-order valence-electron chi connectivity index (χ1n) is 11.3. The van der Waals surface area contributed by atoms with Crippen LogP contribution in [-0.2, 0) is 4.79 Å². The summed E-state index contributed by atoms with van der Waals surface area (Å²) in [6.07, 6.45) is 0. The molecule has 0 spiro atoms. The van der Waals surface area contributed by atoms with Gasteiger partial charge < -0.3 is 20.1 Å². The summed E-state index contributed by atoms with van der Waals surface area (Å²) >= 11 is 6.51. The molecular formula is C27H26ClN3O4. The number of anilines is 2. The molecular weight excluding hydrogens is 466 g/mol. The average molecular weight is 492 g/mol. The van der Waals surface area contributed by atoms with Crippen molar-refractivity contribution < 1.29 is 19.1 Å². The van der Waals surface area contributed by atoms with Crippen LogP contribution in [0.4, 0.5) is 16.2 Å². The molecule has 3 aromatic carbocycles. The molecule has 0 aromatic heterocycles. The monoisotopic (exact) mass is 491 g/mol. The maximum Gasteiger partial charge on any atom is 0.325 e. The molecule has 0 saturated carbocycles. The van der Waals surface area contributed by atoms with Crippen LogP contribution in [0, 0.1) is 19.8 Å². The number of hydrogen-bond donors (Lipinski definition) is 2. The van der Waals surface area contributed by atoms with E-state index in [2.05, 4.69) is 10.6 Å². The van der Waals surface area contributed by atoms with Crippen LogP contribution in [0.1, 0.15) is 29.7 Å². The highest BCUT2D eigenvalue weighted by Gasteiger charge is 2.61. The van der Waals surface area contributed by atoms with E-state index in [1.54, 1.807) is 44.4 Å². The van der Waals surface area contributed by atoms with Gasteiger partial charge in [0.25, 0.3) is 0 Å². The number of hydrogen-bond acceptors (Lipinski definition) is 4. The first-order chi connectivity index (χ1) is 16.7. The molecule has 3 atom stereocenters. The second kappa shape index (κ2) is 8.50. The number of carbonyl (C=O) groups excluding carboxylic acids is 2. The standard InChI is InChI=1S/C27H26ClN3O4/c1-15-12-13-19(16(2)14-15)29-25(32)22-23-17-8-7-11-21(34-4)24(17)35-27(22,3)31(26(33)30-23)20-10-6-5-9-18(20)28/h5-14,22-23H,1-4H3,(H,29,32)(H,30,33)/t22-,23-,27-/m0/s1. The fraction of sp³-hybridized carbons (Fsp3) is 0.259. The first-order valence-corrected chi connectivity index (χ1v) is 11.7. The largest absolute Gasteiger partial charge is 0.493 e. The summed E-state index contributed by atoms with van der Waals surface area (Å²) < 4.78 is 12.1. The Hall–Kier alpha value is -3.71. The van der Waals surface area contributed by atoms with Gasteiger partial charge in [-0.05, 0) is 50.6 Å². The van der Waals surface area contributed by atoms with Gasteiger partial charge in [0, 0.05) is 11.3 Å². The highest BCUT2D eigenvalue weighted by atomic mass is 35.5. The number of rotatable bonds is 4. The molecule has 1 fully saturated rings. The Kier molecular flexibility index (Phi) is 5.60. The Morgan fingerprint density at radius 2 is 1.91 bits per heavy atom. The van der Waals surface area contributed by atoms with E-state index in [1.807, 2.05) is 44.2 Å². The number of benzene rings is 3. The molecule has 2 aliphatic heterocycles. The second-order valence-electron chi connectivity index (χ2n) is 9.03. The van der Waals surface area contributed by atoms with Crippen molar-refractivity contribution in [1.29, 1.82) is 0 Å². The van der Waals surface area contributed by atoms with Crippen LogP contribution in [0.3, 0.4) is 0 Å². The van der Waals surface area contributed by atoms with E-state index >= 15 is 0 Å². The van der Waals surface area contributed by atoms with Crippen molar-refractivity contribution in [3.63, 3.8) is 0 Å². The van der Waals surface area contributed by atoms with Gasteiger partial charge >= 0.3 is 6.03 Å². The number of fused-ring (bicyclic) bond motifs is 4. The zero-order chi connectivity index (χ0) is 24.9. The highest BCUT2D eigenvalue weighted by Crippen LogP contribution is 2.53. The lowest BCUT2D eigenvalue weighted by Gasteiger charge is -2.54. The minimum atomic E-state index is -1.40. The van der Waals surface area contributed by atoms with Gasteiger partial charge in [-0.3, -0.25) is 9.69 Å². The molecule has 2 N–H and O–H groups in total. The van der Waals surface area contributed by atoms with E-state index in [1.165, 1.54) is 4.90 Å². The second-order valence-corrected chi connectivity index (χ2v) is 9.44. The van der Waals surface area contributed by atoms with Crippen LogP contribution in [0.2, 0.25) is 5.02 Å². The summed E-state index contributed by atoms with van der Waals surface area (Å²) in [7, 11) is 1.56. The van der Waals surface area contributed by atoms with Crippen molar-refractivity contribution in [3.8, 4) is 11.5 Å². The van der Waals surface area contributed by atoms with Gasteiger partial charge in [0.1, 0.15) is 5.92 Å². The minimum absolute atomic E-state index is 0.282. The quantitative estimate of drug-likeness (QED) is 0.498. The molecule has 7 nitrogen and oxygen atoms in total. The zero-order valence-corrected chi connectivity index (χ0v) is 20.6. The van der Waals surface area contributed by atoms with Crippen molar-refractivity contribution in [2.45, 2.75) is 32.5 Å². The summed E-state index contributed by atoms with van der Waals surface area (Å²) in [5.74, 6) is -0.0934. The Morgan fingerprint density at radius 3 is 2.63 bits per heavy atom. The number of amides is 3. The molecule has 2 bridgehead atoms. The summed E-state index contributed by atoms with van der Waals surface area (Å²) in [4.78, 5) is 28.8. The third kappa shape index (κ3) is 3.67. The van der Waals surface area contributed by atoms with Gasteiger partial charge in [0.15, 0.2) is 11.5 Å². The summed E-state index contributed by atoms with van der Waals surface area (Å²) in [6, 6.07) is 17.2. The third-order valence-electron chi connectivity index (χ3n) is 6.73. The number of carbonyl (C=O) groups is 2. The molecule has 3 amide bonds. The van der Waals surface area contributed by atoms with Crippen LogP contribution in [-0.4, -0.2) is 24.8 Å². The summed E-state index contributed by atoms with van der Waals surface area (Å²) in [5.41, 5.74) is 2.46. The normalized spacial score (nSPS) is 22.5. The number of nitrogens with zero attached hydrogens (tertiary/aromatic N) is 1. The molecule has 180 valence electrons. The van der Waals surface area contributed by atoms with Crippen LogP contribution in [0.25, 0.3) is 0 Å². The predicted octanol–water partition coefficient (Wildman–Crippen LogP) is 5.60. The fourth-order valence-corrected chi connectivity index (χ4v) is 5.31. The Morgan fingerprint density at radius 1 is 1.14 bits per heavy atom. The number of aryl methyl sites for hydroxylation is 2. The molecule has 1 saturated heterocycles. The lowest BCUT2D eigenvalue weighted by atomic mass is 9.78. The van der Waals surface area contributed by atoms with Crippen LogP contribution < -0.4 is 25.0 Å². The lowest BCUT2D eigenvalue weighted by molar-refractivity contribution is -0.131. The first kappa shape index (κ1) is 23.1. The van der Waals surface area contributed by atoms with Gasteiger partial charge in [-0.1, -0.05) is 53.6 Å². The summed E-state index contributed by atoms with van der Waals surface area (Å²) in [6.45, 7) is 5.69. The van der Waals surface area contributed by atoms with Crippen molar-refractivity contribution in [2.24, 2.45) is 5.92 Å². The highest BCUT2D eigenvalue weighted by molar-refractivity contribution is 6.33. The van der Waals surface area contributed by atoms with Crippen molar-refractivity contribution in [3.05, 3.63) is 82.4 Å². The van der Waals surface area contributed by atoms with Crippen molar-refractivity contribution >= 4 is 34.9 Å². The van der Waals surface area contributed by atoms with E-state index in [9.17, 15) is 9.59 Å². The van der Waals surface area contributed by atoms with Crippen LogP contribution >= 0.6 is 11.6 Å². The van der Waals surface area contributed by atoms with Gasteiger partial charge in [-0.15, -0.1) is 0 Å². The molecule has 8 heteroatoms. The van der Waals surface area contributed by atoms with Gasteiger partial charge in [0.2, 0.25) is 11.6 Å². The van der Waals surface area contributed by atoms with Gasteiger partial charge in [0.05, 0.1) is 23.9 Å². The molecule has 2 heterocycles. The number of nitrogens with one attached hydrogen (secondary N) is 2. The number of ether oxygens (including phenoxy) is 2. The smallest absolute Gasteiger partial charge is 0.325 e. The minimum Gasteiger partial charge on any atom is -0.493 e. The fourth-order valence-electron chi connectivity index (χ4n) is 5.09. The Balaban J connectivity index is 1.66. The number of methoxy groups -OCH3 is 1. The Labute approximate surface area is 209 Å². The maximum atomic E-state index is 13.9. The third-order valence-corrected chi connectivity index (χ3v) is 7.04. The topological polar surface area (TPSA) is 79.9 Å². The zero-order valence-electron chi connectivity index (χ0n) is 19.9. The molecule has 3 aromatic rings. The molecule has 5 rings (SSSR count). The van der Waals surface area contributed by atoms with Crippen LogP contribution in [0.15, 0.2) is 60.7 Å². The average Bonchev–Trinajstić information content (AvgIpc) is 2.81. The van der Waals surface area contributed by atoms with E-state index < -0.39 is 23.7 Å². The van der Waals surface area contributed by atoms with Crippen LogP contribution in [0.5, 0.6) is 11.5 Å². The molecule has 35 heavy (non-hydrogen) atoms. The van der Waals surface area contributed by atoms with Gasteiger partial charge in [-0.25, -0.2) is 4.79 Å². The number of halogens is 1. The van der Waals surface area contributed by atoms with Crippen molar-refractivity contribution in [1.82, 2.24) is 5.32 Å². The number of urea groups is 1. The van der Waals surface area contributed by atoms with Crippen molar-refractivity contribution in [2.75, 3.05) is 17.3 Å². The van der Waals surface area contributed by atoms with Gasteiger partial charge in [-0.2, -0.15) is 0 Å². The molecule has 2 aliphatic rings.